The fraction of sp³-hybridized carbons (Fsp3) is 0.500. The Bertz CT molecular complexity index is 372. The molecule has 2 rings (SSSR count). The van der Waals surface area contributed by atoms with Gasteiger partial charge in [-0.25, -0.2) is 4.21 Å². The topological polar surface area (TPSA) is 46.5 Å². The molecule has 88 valence electrons. The molecule has 1 heterocycles. The highest BCUT2D eigenvalue weighted by molar-refractivity contribution is 7.78. The van der Waals surface area contributed by atoms with Crippen LogP contribution in [0.2, 0.25) is 0 Å². The maximum absolute atomic E-state index is 10.9. The minimum absolute atomic E-state index is 0.105. The van der Waals surface area contributed by atoms with E-state index < -0.39 is 11.1 Å². The van der Waals surface area contributed by atoms with Crippen LogP contribution in [0.3, 0.4) is 0 Å². The zero-order valence-corrected chi connectivity index (χ0v) is 9.91. The molecule has 2 atom stereocenters. The van der Waals surface area contributed by atoms with Gasteiger partial charge in [0.05, 0.1) is 11.9 Å². The summed E-state index contributed by atoms with van der Waals surface area (Å²) in [7, 11) is 0. The van der Waals surface area contributed by atoms with E-state index in [1.54, 1.807) is 0 Å². The van der Waals surface area contributed by atoms with Crippen LogP contribution in [-0.4, -0.2) is 15.4 Å². The molecule has 1 aromatic carbocycles. The third-order valence-corrected chi connectivity index (χ3v) is 3.42. The Balaban J connectivity index is 2.20. The lowest BCUT2D eigenvalue weighted by atomic mass is 9.97. The molecule has 16 heavy (non-hydrogen) atoms. The summed E-state index contributed by atoms with van der Waals surface area (Å²) in [5, 5.41) is 0. The highest BCUT2D eigenvalue weighted by atomic mass is 32.2. The van der Waals surface area contributed by atoms with Gasteiger partial charge in [-0.15, -0.1) is 0 Å². The molecule has 1 aliphatic rings. The zero-order chi connectivity index (χ0) is 11.4. The average Bonchev–Trinajstić information content (AvgIpc) is 2.30. The van der Waals surface area contributed by atoms with E-state index >= 15 is 0 Å². The molecule has 0 radical (unpaired) electrons. The minimum atomic E-state index is -1.79. The molecule has 0 spiro atoms. The average molecular weight is 240 g/mol. The van der Waals surface area contributed by atoms with Crippen LogP contribution in [0.15, 0.2) is 24.3 Å². The van der Waals surface area contributed by atoms with Crippen molar-refractivity contribution in [2.24, 2.45) is 0 Å². The van der Waals surface area contributed by atoms with Gasteiger partial charge in [0.2, 0.25) is 0 Å². The van der Waals surface area contributed by atoms with E-state index in [1.807, 2.05) is 24.3 Å². The maximum Gasteiger partial charge on any atom is 0.157 e. The van der Waals surface area contributed by atoms with Crippen molar-refractivity contribution in [2.75, 3.05) is 6.61 Å². The van der Waals surface area contributed by atoms with E-state index in [-0.39, 0.29) is 11.9 Å². The zero-order valence-electron chi connectivity index (χ0n) is 9.09. The lowest BCUT2D eigenvalue weighted by molar-refractivity contribution is 0.0145. The maximum atomic E-state index is 10.9. The lowest BCUT2D eigenvalue weighted by Gasteiger charge is -2.24. The molecular formula is C12H16O3S. The molecule has 3 nitrogen and oxygen atoms in total. The largest absolute Gasteiger partial charge is 0.374 e. The summed E-state index contributed by atoms with van der Waals surface area (Å²) in [6.45, 7) is 0.793. The molecule has 2 unspecified atom stereocenters. The van der Waals surface area contributed by atoms with Gasteiger partial charge < -0.3 is 9.29 Å². The molecule has 0 aliphatic carbocycles. The van der Waals surface area contributed by atoms with Crippen LogP contribution in [0, 0.1) is 0 Å². The van der Waals surface area contributed by atoms with Crippen molar-refractivity contribution in [1.82, 2.24) is 0 Å². The first-order valence-corrected chi connectivity index (χ1v) is 6.82. The standard InChI is InChI=1S/C12H16O3S/c13-16(14)9-10-5-1-2-6-11(10)12-7-3-4-8-15-12/h1-2,5-6,12H,3-4,7-9H2,(H,13,14). The Morgan fingerprint density at radius 1 is 1.38 bits per heavy atom. The third kappa shape index (κ3) is 2.90. The Kier molecular flexibility index (Phi) is 4.09. The summed E-state index contributed by atoms with van der Waals surface area (Å²) in [6, 6.07) is 7.76. The van der Waals surface area contributed by atoms with Crippen LogP contribution in [0.25, 0.3) is 0 Å². The van der Waals surface area contributed by atoms with E-state index in [0.717, 1.165) is 30.6 Å². The monoisotopic (exact) mass is 240 g/mol. The van der Waals surface area contributed by atoms with Crippen molar-refractivity contribution >= 4 is 11.1 Å². The van der Waals surface area contributed by atoms with Crippen LogP contribution >= 0.6 is 0 Å². The molecule has 1 aliphatic heterocycles. The molecule has 0 bridgehead atoms. The second-order valence-electron chi connectivity index (χ2n) is 4.02. The molecule has 1 N–H and O–H groups in total. The number of ether oxygens (including phenoxy) is 1. The highest BCUT2D eigenvalue weighted by Gasteiger charge is 2.19. The number of rotatable bonds is 3. The van der Waals surface area contributed by atoms with Crippen molar-refractivity contribution in [1.29, 1.82) is 0 Å². The summed E-state index contributed by atoms with van der Waals surface area (Å²) < 4.78 is 25.5. The Labute approximate surface area is 98.1 Å². The van der Waals surface area contributed by atoms with Crippen molar-refractivity contribution in [3.05, 3.63) is 35.4 Å². The van der Waals surface area contributed by atoms with E-state index in [0.29, 0.717) is 0 Å². The SMILES string of the molecule is O=S(O)Cc1ccccc1C1CCCCO1. The van der Waals surface area contributed by atoms with Crippen LogP contribution in [0.5, 0.6) is 0 Å². The molecular weight excluding hydrogens is 224 g/mol. The van der Waals surface area contributed by atoms with Gasteiger partial charge in [-0.2, -0.15) is 0 Å². The van der Waals surface area contributed by atoms with Gasteiger partial charge in [-0.3, -0.25) is 0 Å². The Morgan fingerprint density at radius 3 is 2.88 bits per heavy atom. The summed E-state index contributed by atoms with van der Waals surface area (Å²) in [4.78, 5) is 0. The van der Waals surface area contributed by atoms with Crippen LogP contribution in [0.4, 0.5) is 0 Å². The number of hydrogen-bond donors (Lipinski definition) is 1. The van der Waals surface area contributed by atoms with E-state index in [1.165, 1.54) is 6.42 Å². The van der Waals surface area contributed by atoms with Gasteiger partial charge in [0.1, 0.15) is 0 Å². The minimum Gasteiger partial charge on any atom is -0.374 e. The highest BCUT2D eigenvalue weighted by Crippen LogP contribution is 2.30. The Morgan fingerprint density at radius 2 is 2.19 bits per heavy atom. The van der Waals surface area contributed by atoms with E-state index in [9.17, 15) is 4.21 Å². The summed E-state index contributed by atoms with van der Waals surface area (Å²) in [5.41, 5.74) is 2.00. The van der Waals surface area contributed by atoms with Crippen molar-refractivity contribution in [3.8, 4) is 0 Å². The summed E-state index contributed by atoms with van der Waals surface area (Å²) in [5.74, 6) is 0.191. The smallest absolute Gasteiger partial charge is 0.157 e. The molecule has 1 fully saturated rings. The first-order valence-electron chi connectivity index (χ1n) is 5.54. The van der Waals surface area contributed by atoms with Crippen molar-refractivity contribution in [2.45, 2.75) is 31.1 Å². The van der Waals surface area contributed by atoms with Crippen LogP contribution < -0.4 is 0 Å². The van der Waals surface area contributed by atoms with Crippen LogP contribution in [-0.2, 0) is 21.6 Å². The first-order chi connectivity index (χ1) is 7.77. The van der Waals surface area contributed by atoms with Gasteiger partial charge in [0.15, 0.2) is 11.1 Å². The molecule has 0 aromatic heterocycles. The number of hydrogen-bond acceptors (Lipinski definition) is 2. The summed E-state index contributed by atoms with van der Waals surface area (Å²) >= 11 is -1.79. The normalized spacial score (nSPS) is 22.9. The second-order valence-corrected chi connectivity index (χ2v) is 4.95. The fourth-order valence-corrected chi connectivity index (χ4v) is 2.63. The van der Waals surface area contributed by atoms with E-state index in [2.05, 4.69) is 0 Å². The van der Waals surface area contributed by atoms with Crippen molar-refractivity contribution in [3.63, 3.8) is 0 Å². The second kappa shape index (κ2) is 5.57. The Hall–Kier alpha value is -0.710. The fourth-order valence-electron chi connectivity index (χ4n) is 2.10. The lowest BCUT2D eigenvalue weighted by Crippen LogP contribution is -2.13. The molecule has 0 amide bonds. The predicted octanol–water partition coefficient (Wildman–Crippen LogP) is 2.65. The van der Waals surface area contributed by atoms with Gasteiger partial charge >= 0.3 is 0 Å². The van der Waals surface area contributed by atoms with Gasteiger partial charge in [-0.05, 0) is 30.4 Å². The molecule has 1 aromatic rings. The number of benzene rings is 1. The van der Waals surface area contributed by atoms with Gasteiger partial charge in [0, 0.05) is 6.61 Å². The van der Waals surface area contributed by atoms with Gasteiger partial charge in [-0.1, -0.05) is 24.3 Å². The quantitative estimate of drug-likeness (QED) is 0.826. The molecule has 1 saturated heterocycles. The van der Waals surface area contributed by atoms with Crippen LogP contribution in [0.1, 0.15) is 36.5 Å². The molecule has 0 saturated carbocycles. The molecule has 4 heteroatoms. The van der Waals surface area contributed by atoms with Crippen molar-refractivity contribution < 1.29 is 13.5 Å². The summed E-state index contributed by atoms with van der Waals surface area (Å²) in [6.07, 6.45) is 3.40. The van der Waals surface area contributed by atoms with E-state index in [4.69, 9.17) is 9.29 Å². The van der Waals surface area contributed by atoms with Gasteiger partial charge in [0.25, 0.3) is 0 Å². The third-order valence-electron chi connectivity index (χ3n) is 2.86. The first kappa shape index (κ1) is 11.8. The predicted molar refractivity (Wildman–Crippen MR) is 63.5 cm³/mol.